The van der Waals surface area contributed by atoms with Crippen molar-refractivity contribution in [3.63, 3.8) is 0 Å². The van der Waals surface area contributed by atoms with E-state index in [9.17, 15) is 4.79 Å². The molecule has 0 radical (unpaired) electrons. The van der Waals surface area contributed by atoms with Gasteiger partial charge in [-0.15, -0.1) is 0 Å². The fourth-order valence-electron chi connectivity index (χ4n) is 4.15. The van der Waals surface area contributed by atoms with Crippen LogP contribution in [0.3, 0.4) is 0 Å². The van der Waals surface area contributed by atoms with Gasteiger partial charge in [-0.1, -0.05) is 48.9 Å². The van der Waals surface area contributed by atoms with Crippen LogP contribution in [-0.2, 0) is 0 Å². The molecular weight excluding hydrogens is 372 g/mol. The summed E-state index contributed by atoms with van der Waals surface area (Å²) in [5.41, 5.74) is 4.31. The van der Waals surface area contributed by atoms with Gasteiger partial charge in [0.2, 0.25) is 0 Å². The molecule has 0 aliphatic carbocycles. The largest absolute Gasteiger partial charge is 0.293 e. The van der Waals surface area contributed by atoms with Crippen molar-refractivity contribution >= 4 is 23.0 Å². The van der Waals surface area contributed by atoms with Crippen molar-refractivity contribution in [3.05, 3.63) is 64.1 Å². The van der Waals surface area contributed by atoms with Crippen LogP contribution in [0, 0.1) is 19.8 Å². The molecule has 5 nitrogen and oxygen atoms in total. The minimum atomic E-state index is 0.0831. The number of benzene rings is 1. The first-order valence-electron chi connectivity index (χ1n) is 9.80. The molecule has 28 heavy (non-hydrogen) atoms. The lowest BCUT2D eigenvalue weighted by Crippen LogP contribution is -2.41. The van der Waals surface area contributed by atoms with Gasteiger partial charge >= 0.3 is 0 Å². The number of fused-ring (bicyclic) bond motifs is 1. The third kappa shape index (κ3) is 3.45. The molecule has 1 aliphatic heterocycles. The van der Waals surface area contributed by atoms with Gasteiger partial charge in [-0.25, -0.2) is 9.50 Å². The van der Waals surface area contributed by atoms with E-state index >= 15 is 0 Å². The first-order chi connectivity index (χ1) is 13.5. The van der Waals surface area contributed by atoms with Crippen LogP contribution in [0.1, 0.15) is 53.1 Å². The van der Waals surface area contributed by atoms with Crippen molar-refractivity contribution in [2.75, 3.05) is 13.1 Å². The molecule has 3 aromatic rings. The van der Waals surface area contributed by atoms with E-state index in [-0.39, 0.29) is 11.8 Å². The van der Waals surface area contributed by atoms with Crippen molar-refractivity contribution in [2.45, 2.75) is 39.7 Å². The molecule has 0 spiro atoms. The summed E-state index contributed by atoms with van der Waals surface area (Å²) in [6.45, 7) is 7.44. The summed E-state index contributed by atoms with van der Waals surface area (Å²) >= 11 is 6.51. The maximum Gasteiger partial charge on any atom is 0.176 e. The van der Waals surface area contributed by atoms with Crippen molar-refractivity contribution in [3.8, 4) is 0 Å². The Kier molecular flexibility index (Phi) is 5.21. The number of carbonyl (C=O) groups is 1. The molecule has 1 aromatic carbocycles. The van der Waals surface area contributed by atoms with E-state index < -0.39 is 0 Å². The molecule has 1 aliphatic rings. The molecule has 0 bridgehead atoms. The molecule has 2 aromatic heterocycles. The highest BCUT2D eigenvalue weighted by Crippen LogP contribution is 2.36. The first-order valence-corrected chi connectivity index (χ1v) is 10.2. The normalized spacial score (nSPS) is 20.6. The molecule has 2 atom stereocenters. The van der Waals surface area contributed by atoms with E-state index in [1.807, 2.05) is 50.2 Å². The van der Waals surface area contributed by atoms with Gasteiger partial charge in [0.1, 0.15) is 5.15 Å². The highest BCUT2D eigenvalue weighted by atomic mass is 35.5. The topological polar surface area (TPSA) is 50.5 Å². The van der Waals surface area contributed by atoms with Crippen LogP contribution < -0.4 is 0 Å². The Morgan fingerprint density at radius 2 is 2.00 bits per heavy atom. The van der Waals surface area contributed by atoms with Gasteiger partial charge < -0.3 is 0 Å². The molecule has 0 N–H and O–H groups in total. The van der Waals surface area contributed by atoms with Crippen molar-refractivity contribution < 1.29 is 4.79 Å². The third-order valence-electron chi connectivity index (χ3n) is 5.81. The summed E-state index contributed by atoms with van der Waals surface area (Å²) in [5.74, 6) is 0.550. The number of aryl methyl sites for hydroxylation is 1. The van der Waals surface area contributed by atoms with Crippen molar-refractivity contribution in [2.24, 2.45) is 5.92 Å². The summed E-state index contributed by atoms with van der Waals surface area (Å²) in [6, 6.07) is 11.6. The fraction of sp³-hybridized carbons (Fsp3) is 0.409. The Morgan fingerprint density at radius 3 is 2.75 bits per heavy atom. The summed E-state index contributed by atoms with van der Waals surface area (Å²) < 4.78 is 1.72. The Bertz CT molecular complexity index is 1010. The maximum absolute atomic E-state index is 12.8. The van der Waals surface area contributed by atoms with Crippen LogP contribution in [0.4, 0.5) is 0 Å². The number of nitrogens with zero attached hydrogens (tertiary/aromatic N) is 4. The second-order valence-corrected chi connectivity index (χ2v) is 8.13. The quantitative estimate of drug-likeness (QED) is 0.475. The molecule has 0 amide bonds. The number of carbonyl (C=O) groups excluding carboxylic acids is 1. The molecule has 4 rings (SSSR count). The Hall–Kier alpha value is -2.24. The number of likely N-dealkylation sites (tertiary alicyclic amines) is 1. The van der Waals surface area contributed by atoms with Gasteiger partial charge in [-0.2, -0.15) is 5.10 Å². The van der Waals surface area contributed by atoms with Gasteiger partial charge in [-0.05, 0) is 39.2 Å². The van der Waals surface area contributed by atoms with Gasteiger partial charge in [0.15, 0.2) is 11.4 Å². The zero-order chi connectivity index (χ0) is 19.8. The lowest BCUT2D eigenvalue weighted by Gasteiger charge is -2.38. The molecule has 1 saturated heterocycles. The van der Waals surface area contributed by atoms with Crippen LogP contribution in [0.15, 0.2) is 36.4 Å². The minimum absolute atomic E-state index is 0.0831. The Balaban J connectivity index is 1.68. The highest BCUT2D eigenvalue weighted by Gasteiger charge is 2.33. The SMILES string of the molecule is Cc1nc2cc(C3C(C)CCCN3CC(=O)c3ccccc3)nn2c(Cl)c1C. The standard InChI is InChI=1S/C22H25ClN4O/c1-14-8-7-11-26(13-19(28)17-9-5-4-6-10-17)21(14)18-12-20-24-16(3)15(2)22(23)27(20)25-18/h4-6,9-10,12,14,21H,7-8,11,13H2,1-3H3. The van der Waals surface area contributed by atoms with Crippen molar-refractivity contribution in [1.29, 1.82) is 0 Å². The first kappa shape index (κ1) is 19.1. The van der Waals surface area contributed by atoms with Crippen LogP contribution in [0.2, 0.25) is 5.15 Å². The second-order valence-electron chi connectivity index (χ2n) is 7.78. The number of piperidine rings is 1. The van der Waals surface area contributed by atoms with Gasteiger partial charge in [-0.3, -0.25) is 9.69 Å². The van der Waals surface area contributed by atoms with Gasteiger partial charge in [0, 0.05) is 22.9 Å². The summed E-state index contributed by atoms with van der Waals surface area (Å²) in [7, 11) is 0. The highest BCUT2D eigenvalue weighted by molar-refractivity contribution is 6.30. The number of halogens is 1. The minimum Gasteiger partial charge on any atom is -0.293 e. The van der Waals surface area contributed by atoms with Gasteiger partial charge in [0.05, 0.1) is 18.3 Å². The van der Waals surface area contributed by atoms with Crippen LogP contribution in [-0.4, -0.2) is 38.4 Å². The summed E-state index contributed by atoms with van der Waals surface area (Å²) in [4.78, 5) is 19.7. The van der Waals surface area contributed by atoms with E-state index in [1.54, 1.807) is 4.52 Å². The van der Waals surface area contributed by atoms with Gasteiger partial charge in [0.25, 0.3) is 0 Å². The number of hydrogen-bond acceptors (Lipinski definition) is 4. The molecule has 2 unspecified atom stereocenters. The van der Waals surface area contributed by atoms with E-state index in [1.165, 1.54) is 0 Å². The monoisotopic (exact) mass is 396 g/mol. The molecule has 3 heterocycles. The zero-order valence-electron chi connectivity index (χ0n) is 16.5. The predicted octanol–water partition coefficient (Wildman–Crippen LogP) is 4.66. The average molecular weight is 397 g/mol. The summed E-state index contributed by atoms with van der Waals surface area (Å²) in [5, 5.41) is 5.39. The van der Waals surface area contributed by atoms with Crippen LogP contribution in [0.25, 0.3) is 5.65 Å². The predicted molar refractivity (Wildman–Crippen MR) is 111 cm³/mol. The number of aromatic nitrogens is 3. The molecule has 1 fully saturated rings. The average Bonchev–Trinajstić information content (AvgIpc) is 3.10. The fourth-order valence-corrected chi connectivity index (χ4v) is 4.41. The molecule has 146 valence electrons. The lowest BCUT2D eigenvalue weighted by molar-refractivity contribution is 0.0725. The van der Waals surface area contributed by atoms with Crippen LogP contribution >= 0.6 is 11.6 Å². The van der Waals surface area contributed by atoms with Crippen LogP contribution in [0.5, 0.6) is 0 Å². The number of ketones is 1. The summed E-state index contributed by atoms with van der Waals surface area (Å²) in [6.07, 6.45) is 2.21. The zero-order valence-corrected chi connectivity index (χ0v) is 17.3. The number of Topliss-reactive ketones (excluding diaryl/α,β-unsaturated/α-hetero) is 1. The number of hydrogen-bond donors (Lipinski definition) is 0. The van der Waals surface area contributed by atoms with Crippen molar-refractivity contribution in [1.82, 2.24) is 19.5 Å². The smallest absolute Gasteiger partial charge is 0.176 e. The second kappa shape index (κ2) is 7.64. The van der Waals surface area contributed by atoms with E-state index in [0.29, 0.717) is 17.6 Å². The van der Waals surface area contributed by atoms with E-state index in [0.717, 1.165) is 47.5 Å². The lowest BCUT2D eigenvalue weighted by atomic mass is 9.88. The molecule has 0 saturated carbocycles. The Labute approximate surface area is 170 Å². The molecule has 6 heteroatoms. The third-order valence-corrected chi connectivity index (χ3v) is 6.26. The number of rotatable bonds is 4. The Morgan fingerprint density at radius 1 is 1.25 bits per heavy atom. The molecular formula is C22H25ClN4O. The van der Waals surface area contributed by atoms with E-state index in [4.69, 9.17) is 16.7 Å². The maximum atomic E-state index is 12.8. The van der Waals surface area contributed by atoms with E-state index in [2.05, 4.69) is 16.8 Å².